The summed E-state index contributed by atoms with van der Waals surface area (Å²) in [6.07, 6.45) is 3.84. The molecule has 3 rings (SSSR count). The number of pyridine rings is 1. The molecule has 0 aromatic carbocycles. The van der Waals surface area contributed by atoms with Crippen LogP contribution in [0.4, 0.5) is 0 Å². The lowest BCUT2D eigenvalue weighted by atomic mass is 9.92. The van der Waals surface area contributed by atoms with Gasteiger partial charge in [0.05, 0.1) is 0 Å². The van der Waals surface area contributed by atoms with Crippen molar-refractivity contribution in [3.8, 4) is 0 Å². The molecule has 2 aromatic heterocycles. The smallest absolute Gasteiger partial charge is 0.352 e. The maximum absolute atomic E-state index is 10.9. The summed E-state index contributed by atoms with van der Waals surface area (Å²) in [5, 5.41) is 9.79. The van der Waals surface area contributed by atoms with Gasteiger partial charge in [-0.1, -0.05) is 0 Å². The molecule has 0 aliphatic carbocycles. The molecule has 1 aliphatic heterocycles. The number of nitrogens with zero attached hydrogens (tertiary/aromatic N) is 1. The average molecular weight is 246 g/mol. The van der Waals surface area contributed by atoms with Crippen molar-refractivity contribution in [2.75, 3.05) is 13.2 Å². The van der Waals surface area contributed by atoms with E-state index in [4.69, 9.17) is 9.84 Å². The maximum Gasteiger partial charge on any atom is 0.352 e. The Bertz CT molecular complexity index is 585. The minimum Gasteiger partial charge on any atom is -0.477 e. The second-order valence-corrected chi connectivity index (χ2v) is 4.58. The highest BCUT2D eigenvalue weighted by atomic mass is 16.5. The van der Waals surface area contributed by atoms with Crippen molar-refractivity contribution in [3.63, 3.8) is 0 Å². The summed E-state index contributed by atoms with van der Waals surface area (Å²) in [5.41, 5.74) is 1.98. The Morgan fingerprint density at radius 2 is 2.17 bits per heavy atom. The summed E-state index contributed by atoms with van der Waals surface area (Å²) < 4.78 is 5.34. The van der Waals surface area contributed by atoms with Crippen molar-refractivity contribution in [2.45, 2.75) is 18.8 Å². The number of nitrogens with one attached hydrogen (secondary N) is 1. The standard InChI is InChI=1S/C13H14N2O3/c16-13(17)11-6-9-5-10(7-14-12(9)15-11)8-1-3-18-4-2-8/h5-8H,1-4H2,(H,14,15)(H,16,17). The zero-order valence-corrected chi connectivity index (χ0v) is 9.85. The Balaban J connectivity index is 1.96. The second kappa shape index (κ2) is 4.42. The summed E-state index contributed by atoms with van der Waals surface area (Å²) in [6, 6.07) is 3.66. The van der Waals surface area contributed by atoms with Crippen LogP contribution in [0.3, 0.4) is 0 Å². The van der Waals surface area contributed by atoms with Crippen molar-refractivity contribution in [2.24, 2.45) is 0 Å². The molecule has 1 fully saturated rings. The van der Waals surface area contributed by atoms with Crippen LogP contribution < -0.4 is 0 Å². The number of H-pyrrole nitrogens is 1. The average Bonchev–Trinajstić information content (AvgIpc) is 2.82. The van der Waals surface area contributed by atoms with Crippen LogP contribution in [0.2, 0.25) is 0 Å². The van der Waals surface area contributed by atoms with E-state index >= 15 is 0 Å². The van der Waals surface area contributed by atoms with Crippen molar-refractivity contribution >= 4 is 17.0 Å². The normalized spacial score (nSPS) is 17.1. The van der Waals surface area contributed by atoms with Gasteiger partial charge in [0.15, 0.2) is 0 Å². The first-order valence-electron chi connectivity index (χ1n) is 6.04. The van der Waals surface area contributed by atoms with Crippen molar-refractivity contribution in [1.82, 2.24) is 9.97 Å². The molecule has 2 N–H and O–H groups in total. The molecule has 0 saturated carbocycles. The number of carbonyl (C=O) groups is 1. The third-order valence-electron chi connectivity index (χ3n) is 3.41. The predicted molar refractivity (Wildman–Crippen MR) is 65.8 cm³/mol. The van der Waals surface area contributed by atoms with E-state index in [2.05, 4.69) is 9.97 Å². The number of rotatable bonds is 2. The number of ether oxygens (including phenoxy) is 1. The molecular weight excluding hydrogens is 232 g/mol. The van der Waals surface area contributed by atoms with Gasteiger partial charge in [-0.3, -0.25) is 0 Å². The van der Waals surface area contributed by atoms with E-state index in [0.29, 0.717) is 11.6 Å². The molecule has 5 heteroatoms. The number of fused-ring (bicyclic) bond motifs is 1. The predicted octanol–water partition coefficient (Wildman–Crippen LogP) is 2.16. The summed E-state index contributed by atoms with van der Waals surface area (Å²) in [6.45, 7) is 1.58. The van der Waals surface area contributed by atoms with E-state index in [1.54, 1.807) is 6.07 Å². The van der Waals surface area contributed by atoms with Gasteiger partial charge >= 0.3 is 5.97 Å². The molecule has 3 heterocycles. The van der Waals surface area contributed by atoms with E-state index in [9.17, 15) is 4.79 Å². The third-order valence-corrected chi connectivity index (χ3v) is 3.41. The zero-order chi connectivity index (χ0) is 12.5. The quantitative estimate of drug-likeness (QED) is 0.851. The van der Waals surface area contributed by atoms with Gasteiger partial charge < -0.3 is 14.8 Å². The van der Waals surface area contributed by atoms with Crippen LogP contribution in [-0.4, -0.2) is 34.3 Å². The summed E-state index contributed by atoms with van der Waals surface area (Å²) in [4.78, 5) is 18.0. The van der Waals surface area contributed by atoms with Crippen molar-refractivity contribution < 1.29 is 14.6 Å². The Labute approximate surface area is 104 Å². The highest BCUT2D eigenvalue weighted by Gasteiger charge is 2.17. The fourth-order valence-electron chi connectivity index (χ4n) is 2.40. The number of hydrogen-bond donors (Lipinski definition) is 2. The molecule has 0 atom stereocenters. The number of hydrogen-bond acceptors (Lipinski definition) is 3. The Kier molecular flexibility index (Phi) is 2.76. The molecule has 2 aromatic rings. The molecule has 0 spiro atoms. The molecule has 1 aliphatic rings. The molecular formula is C13H14N2O3. The Morgan fingerprint density at radius 1 is 1.39 bits per heavy atom. The lowest BCUT2D eigenvalue weighted by molar-refractivity contribution is 0.0691. The van der Waals surface area contributed by atoms with E-state index in [1.165, 1.54) is 5.56 Å². The van der Waals surface area contributed by atoms with Crippen LogP contribution in [0.1, 0.15) is 34.8 Å². The SMILES string of the molecule is O=C(O)c1cc2cc(C3CCOCC3)cnc2[nH]1. The molecule has 5 nitrogen and oxygen atoms in total. The van der Waals surface area contributed by atoms with Gasteiger partial charge in [0.2, 0.25) is 0 Å². The molecule has 0 amide bonds. The van der Waals surface area contributed by atoms with E-state index < -0.39 is 5.97 Å². The summed E-state index contributed by atoms with van der Waals surface area (Å²) in [5.74, 6) is -0.487. The van der Waals surface area contributed by atoms with Gasteiger partial charge in [-0.2, -0.15) is 0 Å². The number of aromatic nitrogens is 2. The lowest BCUT2D eigenvalue weighted by Crippen LogP contribution is -2.14. The van der Waals surface area contributed by atoms with Gasteiger partial charge in [0, 0.05) is 24.8 Å². The minimum atomic E-state index is -0.958. The number of aromatic amines is 1. The molecule has 0 bridgehead atoms. The molecule has 1 saturated heterocycles. The molecule has 18 heavy (non-hydrogen) atoms. The fourth-order valence-corrected chi connectivity index (χ4v) is 2.40. The van der Waals surface area contributed by atoms with Crippen LogP contribution >= 0.6 is 0 Å². The maximum atomic E-state index is 10.9. The summed E-state index contributed by atoms with van der Waals surface area (Å²) >= 11 is 0. The first-order valence-corrected chi connectivity index (χ1v) is 6.04. The first kappa shape index (κ1) is 11.2. The number of aromatic carboxylic acids is 1. The van der Waals surface area contributed by atoms with Gasteiger partial charge in [-0.15, -0.1) is 0 Å². The summed E-state index contributed by atoms with van der Waals surface area (Å²) in [7, 11) is 0. The van der Waals surface area contributed by atoms with Crippen LogP contribution in [0, 0.1) is 0 Å². The highest BCUT2D eigenvalue weighted by Crippen LogP contribution is 2.28. The van der Waals surface area contributed by atoms with Gasteiger partial charge in [0.1, 0.15) is 11.3 Å². The fraction of sp³-hybridized carbons (Fsp3) is 0.385. The molecule has 94 valence electrons. The molecule has 0 radical (unpaired) electrons. The Hall–Kier alpha value is -1.88. The minimum absolute atomic E-state index is 0.182. The monoisotopic (exact) mass is 246 g/mol. The van der Waals surface area contributed by atoms with Crippen LogP contribution in [-0.2, 0) is 4.74 Å². The largest absolute Gasteiger partial charge is 0.477 e. The van der Waals surface area contributed by atoms with Gasteiger partial charge in [0.25, 0.3) is 0 Å². The molecule has 0 unspecified atom stereocenters. The topological polar surface area (TPSA) is 75.2 Å². The first-order chi connectivity index (χ1) is 8.74. The third kappa shape index (κ3) is 1.97. The van der Waals surface area contributed by atoms with Crippen molar-refractivity contribution in [1.29, 1.82) is 0 Å². The lowest BCUT2D eigenvalue weighted by Gasteiger charge is -2.21. The second-order valence-electron chi connectivity index (χ2n) is 4.58. The number of carboxylic acid groups (broad SMARTS) is 1. The van der Waals surface area contributed by atoms with E-state index in [1.807, 2.05) is 12.3 Å². The van der Waals surface area contributed by atoms with Gasteiger partial charge in [-0.25, -0.2) is 9.78 Å². The van der Waals surface area contributed by atoms with Crippen LogP contribution in [0.25, 0.3) is 11.0 Å². The van der Waals surface area contributed by atoms with Crippen molar-refractivity contribution in [3.05, 3.63) is 29.6 Å². The highest BCUT2D eigenvalue weighted by molar-refractivity contribution is 5.92. The van der Waals surface area contributed by atoms with Crippen LogP contribution in [0.5, 0.6) is 0 Å². The van der Waals surface area contributed by atoms with E-state index in [0.717, 1.165) is 31.4 Å². The van der Waals surface area contributed by atoms with E-state index in [-0.39, 0.29) is 5.69 Å². The van der Waals surface area contributed by atoms with Crippen LogP contribution in [0.15, 0.2) is 18.3 Å². The Morgan fingerprint density at radius 3 is 2.89 bits per heavy atom. The van der Waals surface area contributed by atoms with Gasteiger partial charge in [-0.05, 0) is 36.5 Å². The number of carboxylic acids is 1. The zero-order valence-electron chi connectivity index (χ0n) is 9.85.